The molecule has 4 heterocycles. The maximum atomic E-state index is 15.2. The zero-order chi connectivity index (χ0) is 31.7. The first-order valence-corrected chi connectivity index (χ1v) is 16.2. The van der Waals surface area contributed by atoms with Crippen LogP contribution in [0.4, 0.5) is 4.39 Å². The van der Waals surface area contributed by atoms with E-state index < -0.39 is 11.5 Å². The van der Waals surface area contributed by atoms with Crippen LogP contribution in [0, 0.1) is 18.7 Å². The normalized spacial score (nSPS) is 17.0. The molecule has 0 saturated carbocycles. The van der Waals surface area contributed by atoms with E-state index in [1.165, 1.54) is 4.57 Å². The first-order valence-electron chi connectivity index (χ1n) is 15.8. The van der Waals surface area contributed by atoms with E-state index in [1.54, 1.807) is 30.0 Å². The van der Waals surface area contributed by atoms with Crippen LogP contribution in [0.25, 0.3) is 28.0 Å². The molecular formula is C35H39ClFN5O3. The minimum absolute atomic E-state index is 0.0839. The fourth-order valence-corrected chi connectivity index (χ4v) is 6.59. The summed E-state index contributed by atoms with van der Waals surface area (Å²) >= 11 is 6.28. The van der Waals surface area contributed by atoms with Crippen molar-refractivity contribution in [3.63, 3.8) is 0 Å². The molecule has 0 radical (unpaired) electrons. The number of benzene rings is 2. The van der Waals surface area contributed by atoms with Gasteiger partial charge in [-0.25, -0.2) is 14.0 Å². The van der Waals surface area contributed by atoms with Crippen molar-refractivity contribution in [1.29, 1.82) is 0 Å². The predicted octanol–water partition coefficient (Wildman–Crippen LogP) is 7.49. The monoisotopic (exact) mass is 631 g/mol. The topological polar surface area (TPSA) is 97.9 Å². The van der Waals surface area contributed by atoms with Crippen LogP contribution in [-0.2, 0) is 13.0 Å². The Hall–Kier alpha value is -3.95. The van der Waals surface area contributed by atoms with E-state index in [4.69, 9.17) is 16.0 Å². The van der Waals surface area contributed by atoms with E-state index in [9.17, 15) is 9.59 Å². The van der Waals surface area contributed by atoms with Crippen molar-refractivity contribution < 1.29 is 8.81 Å². The Morgan fingerprint density at radius 2 is 1.91 bits per heavy atom. The SMILES string of the molecule is Cc1cn(CC[C@@H]2CCC[C@@H](c3ccc(-n4cc5cc(-c6cc(CCCC(C)C)cc(Cl)c6F)[nH]c5nc4=O)cc3)N2)c(=O)o1. The number of rotatable bonds is 10. The number of halogens is 2. The number of aromatic amines is 1. The highest BCUT2D eigenvalue weighted by Gasteiger charge is 2.23. The molecule has 1 aliphatic rings. The van der Waals surface area contributed by atoms with Crippen LogP contribution >= 0.6 is 11.6 Å². The average Bonchev–Trinajstić information content (AvgIpc) is 3.58. The van der Waals surface area contributed by atoms with E-state index in [1.807, 2.05) is 36.4 Å². The standard InChI is InChI=1S/C35H39ClFN5O3/c1-21(2)6-4-7-23-16-28(32(37)29(36)17-23)31-18-25-20-42(34(43)40-33(25)39-31)27-12-10-24(11-13-27)30-9-5-8-26(38-30)14-15-41-19-22(3)45-35(41)44/h10-13,16-21,26,30,38H,4-9,14-15H2,1-3H3,(H,39,40,43)/t26-,30-/m0/s1. The van der Waals surface area contributed by atoms with Crippen molar-refractivity contribution in [2.45, 2.75) is 84.3 Å². The molecule has 0 bridgehead atoms. The van der Waals surface area contributed by atoms with Crippen LogP contribution in [0.5, 0.6) is 0 Å². The number of H-pyrrole nitrogens is 1. The van der Waals surface area contributed by atoms with Crippen molar-refractivity contribution in [3.05, 3.63) is 104 Å². The maximum Gasteiger partial charge on any atom is 0.419 e. The molecule has 10 heteroatoms. The molecule has 6 rings (SSSR count). The lowest BCUT2D eigenvalue weighted by Crippen LogP contribution is -2.38. The van der Waals surface area contributed by atoms with E-state index in [2.05, 4.69) is 29.1 Å². The molecule has 0 amide bonds. The Morgan fingerprint density at radius 1 is 1.11 bits per heavy atom. The molecule has 8 nitrogen and oxygen atoms in total. The molecule has 0 aliphatic carbocycles. The molecule has 1 fully saturated rings. The van der Waals surface area contributed by atoms with Gasteiger partial charge in [0.1, 0.15) is 11.4 Å². The van der Waals surface area contributed by atoms with Gasteiger partial charge in [-0.2, -0.15) is 4.98 Å². The fraction of sp³-hybridized carbons (Fsp3) is 0.400. The summed E-state index contributed by atoms with van der Waals surface area (Å²) in [5.74, 6) is 0.414. The summed E-state index contributed by atoms with van der Waals surface area (Å²) in [5, 5.41) is 4.51. The molecule has 5 aromatic rings. The molecule has 2 atom stereocenters. The third-order valence-corrected chi connectivity index (χ3v) is 9.00. The lowest BCUT2D eigenvalue weighted by atomic mass is 9.92. The third kappa shape index (κ3) is 6.99. The first kappa shape index (κ1) is 31.0. The fourth-order valence-electron chi connectivity index (χ4n) is 6.35. The number of hydrogen-bond donors (Lipinski definition) is 2. The van der Waals surface area contributed by atoms with E-state index in [0.717, 1.165) is 56.1 Å². The van der Waals surface area contributed by atoms with Gasteiger partial charge in [0.2, 0.25) is 0 Å². The van der Waals surface area contributed by atoms with Gasteiger partial charge in [-0.05, 0) is 86.4 Å². The van der Waals surface area contributed by atoms with Gasteiger partial charge in [0.05, 0.1) is 16.4 Å². The smallest absolute Gasteiger partial charge is 0.413 e. The number of aromatic nitrogens is 4. The minimum Gasteiger partial charge on any atom is -0.413 e. The molecule has 0 spiro atoms. The Bertz CT molecular complexity index is 1920. The quantitative estimate of drug-likeness (QED) is 0.166. The average molecular weight is 632 g/mol. The number of oxazole rings is 1. The van der Waals surface area contributed by atoms with E-state index in [0.29, 0.717) is 52.2 Å². The van der Waals surface area contributed by atoms with Crippen LogP contribution < -0.4 is 16.8 Å². The third-order valence-electron chi connectivity index (χ3n) is 8.73. The summed E-state index contributed by atoms with van der Waals surface area (Å²) in [4.78, 5) is 32.4. The van der Waals surface area contributed by atoms with E-state index >= 15 is 4.39 Å². The van der Waals surface area contributed by atoms with Crippen molar-refractivity contribution in [1.82, 2.24) is 24.4 Å². The largest absolute Gasteiger partial charge is 0.419 e. The first-order chi connectivity index (χ1) is 21.6. The number of piperidine rings is 1. The Balaban J connectivity index is 1.18. The second-order valence-electron chi connectivity index (χ2n) is 12.6. The summed E-state index contributed by atoms with van der Waals surface area (Å²) < 4.78 is 23.4. The zero-order valence-electron chi connectivity index (χ0n) is 25.9. The molecular weight excluding hydrogens is 593 g/mol. The molecule has 0 unspecified atom stereocenters. The molecule has 1 saturated heterocycles. The van der Waals surface area contributed by atoms with Crippen molar-refractivity contribution in [2.24, 2.45) is 5.92 Å². The number of fused-ring (bicyclic) bond motifs is 1. The molecule has 1 aliphatic heterocycles. The van der Waals surface area contributed by atoms with Gasteiger partial charge in [0, 0.05) is 42.0 Å². The second kappa shape index (κ2) is 13.2. The van der Waals surface area contributed by atoms with Gasteiger partial charge >= 0.3 is 11.4 Å². The summed E-state index contributed by atoms with van der Waals surface area (Å²) in [6.07, 6.45) is 10.4. The Morgan fingerprint density at radius 3 is 2.64 bits per heavy atom. The number of nitrogens with one attached hydrogen (secondary N) is 2. The molecule has 236 valence electrons. The highest BCUT2D eigenvalue weighted by molar-refractivity contribution is 6.31. The predicted molar refractivity (Wildman–Crippen MR) is 176 cm³/mol. The summed E-state index contributed by atoms with van der Waals surface area (Å²) in [6, 6.07) is 13.8. The van der Waals surface area contributed by atoms with Crippen LogP contribution in [0.1, 0.15) is 75.3 Å². The molecule has 45 heavy (non-hydrogen) atoms. The van der Waals surface area contributed by atoms with Gasteiger partial charge < -0.3 is 14.7 Å². The number of aryl methyl sites for hydroxylation is 3. The summed E-state index contributed by atoms with van der Waals surface area (Å²) in [5.41, 5.74) is 3.69. The second-order valence-corrected chi connectivity index (χ2v) is 13.0. The highest BCUT2D eigenvalue weighted by Crippen LogP contribution is 2.32. The van der Waals surface area contributed by atoms with Gasteiger partial charge in [0.25, 0.3) is 0 Å². The van der Waals surface area contributed by atoms with Gasteiger partial charge in [0.15, 0.2) is 5.82 Å². The number of hydrogen-bond acceptors (Lipinski definition) is 5. The van der Waals surface area contributed by atoms with Crippen molar-refractivity contribution in [2.75, 3.05) is 0 Å². The van der Waals surface area contributed by atoms with Gasteiger partial charge in [-0.3, -0.25) is 9.13 Å². The van der Waals surface area contributed by atoms with Crippen LogP contribution in [0.2, 0.25) is 5.02 Å². The minimum atomic E-state index is -0.495. The molecule has 3 aromatic heterocycles. The van der Waals surface area contributed by atoms with Crippen LogP contribution in [0.3, 0.4) is 0 Å². The van der Waals surface area contributed by atoms with E-state index in [-0.39, 0.29) is 16.8 Å². The van der Waals surface area contributed by atoms with Crippen LogP contribution in [-0.4, -0.2) is 25.1 Å². The van der Waals surface area contributed by atoms with Gasteiger partial charge in [-0.1, -0.05) is 50.4 Å². The zero-order valence-corrected chi connectivity index (χ0v) is 26.7. The van der Waals surface area contributed by atoms with Crippen LogP contribution in [0.15, 0.2) is 68.9 Å². The Kier molecular flexibility index (Phi) is 9.10. The Labute approximate surface area is 266 Å². The lowest BCUT2D eigenvalue weighted by Gasteiger charge is -2.31. The maximum absolute atomic E-state index is 15.2. The highest BCUT2D eigenvalue weighted by atomic mass is 35.5. The lowest BCUT2D eigenvalue weighted by molar-refractivity contribution is 0.300. The van der Waals surface area contributed by atoms with Crippen molar-refractivity contribution in [3.8, 4) is 16.9 Å². The molecule has 2 N–H and O–H groups in total. The van der Waals surface area contributed by atoms with Crippen molar-refractivity contribution >= 4 is 22.6 Å². The number of nitrogens with zero attached hydrogens (tertiary/aromatic N) is 3. The summed E-state index contributed by atoms with van der Waals surface area (Å²) in [6.45, 7) is 6.77. The molecule has 2 aromatic carbocycles. The summed E-state index contributed by atoms with van der Waals surface area (Å²) in [7, 11) is 0. The van der Waals surface area contributed by atoms with Gasteiger partial charge in [-0.15, -0.1) is 0 Å².